The molecule has 0 radical (unpaired) electrons. The van der Waals surface area contributed by atoms with Gasteiger partial charge in [0.25, 0.3) is 0 Å². The van der Waals surface area contributed by atoms with E-state index in [1.54, 1.807) is 0 Å². The second kappa shape index (κ2) is 9.78. The van der Waals surface area contributed by atoms with Gasteiger partial charge >= 0.3 is 0 Å². The zero-order valence-corrected chi connectivity index (χ0v) is 15.1. The molecule has 25 heavy (non-hydrogen) atoms. The lowest BCUT2D eigenvalue weighted by molar-refractivity contribution is -0.135. The van der Waals surface area contributed by atoms with Crippen molar-refractivity contribution in [1.82, 2.24) is 9.80 Å². The van der Waals surface area contributed by atoms with Gasteiger partial charge in [-0.2, -0.15) is 0 Å². The normalized spacial score (nSPS) is 21.9. The summed E-state index contributed by atoms with van der Waals surface area (Å²) in [5, 5.41) is 0. The van der Waals surface area contributed by atoms with Crippen molar-refractivity contribution in [2.45, 2.75) is 25.7 Å². The van der Waals surface area contributed by atoms with E-state index in [2.05, 4.69) is 9.80 Å². The Morgan fingerprint density at radius 1 is 1.12 bits per heavy atom. The zero-order valence-electron chi connectivity index (χ0n) is 15.1. The molecule has 3 rings (SSSR count). The van der Waals surface area contributed by atoms with Crippen molar-refractivity contribution in [2.24, 2.45) is 5.92 Å². The molecule has 1 aromatic rings. The third-order valence-corrected chi connectivity index (χ3v) is 5.06. The van der Waals surface area contributed by atoms with Crippen LogP contribution in [-0.2, 0) is 9.53 Å². The average molecular weight is 346 g/mol. The minimum atomic E-state index is 0.0988. The quantitative estimate of drug-likeness (QED) is 0.711. The van der Waals surface area contributed by atoms with Gasteiger partial charge in [-0.15, -0.1) is 0 Å². The Morgan fingerprint density at radius 3 is 2.80 bits per heavy atom. The van der Waals surface area contributed by atoms with Crippen LogP contribution in [0.5, 0.6) is 5.75 Å². The van der Waals surface area contributed by atoms with Gasteiger partial charge in [0, 0.05) is 26.2 Å². The highest BCUT2D eigenvalue weighted by molar-refractivity contribution is 5.79. The third-order valence-electron chi connectivity index (χ3n) is 5.06. The fourth-order valence-corrected chi connectivity index (χ4v) is 3.55. The Balaban J connectivity index is 1.31. The van der Waals surface area contributed by atoms with Gasteiger partial charge in [-0.3, -0.25) is 4.79 Å². The highest BCUT2D eigenvalue weighted by Crippen LogP contribution is 2.17. The summed E-state index contributed by atoms with van der Waals surface area (Å²) in [5.74, 6) is 1.35. The zero-order chi connectivity index (χ0) is 17.3. The topological polar surface area (TPSA) is 42.0 Å². The number of hydrogen-bond acceptors (Lipinski definition) is 4. The highest BCUT2D eigenvalue weighted by atomic mass is 16.5. The molecular formula is C20H30N2O3. The van der Waals surface area contributed by atoms with Crippen molar-refractivity contribution in [2.75, 3.05) is 52.5 Å². The van der Waals surface area contributed by atoms with Crippen molar-refractivity contribution >= 4 is 5.91 Å². The number of unbranched alkanes of at least 4 members (excludes halogenated alkanes) is 1. The van der Waals surface area contributed by atoms with Crippen LogP contribution >= 0.6 is 0 Å². The van der Waals surface area contributed by atoms with Crippen LogP contribution in [0.4, 0.5) is 0 Å². The van der Waals surface area contributed by atoms with E-state index in [-0.39, 0.29) is 5.92 Å². The number of rotatable bonds is 7. The van der Waals surface area contributed by atoms with Gasteiger partial charge in [0.05, 0.1) is 19.1 Å². The molecule has 0 spiro atoms. The molecule has 1 aromatic carbocycles. The number of amides is 1. The molecule has 2 aliphatic rings. The molecule has 0 aromatic heterocycles. The second-order valence-electron chi connectivity index (χ2n) is 6.95. The molecule has 0 N–H and O–H groups in total. The lowest BCUT2D eigenvalue weighted by Gasteiger charge is -2.24. The van der Waals surface area contributed by atoms with Gasteiger partial charge in [0.15, 0.2) is 0 Å². The van der Waals surface area contributed by atoms with Gasteiger partial charge in [0.2, 0.25) is 5.91 Å². The van der Waals surface area contributed by atoms with Gasteiger partial charge < -0.3 is 19.3 Å². The maximum absolute atomic E-state index is 12.5. The fourth-order valence-electron chi connectivity index (χ4n) is 3.55. The van der Waals surface area contributed by atoms with E-state index in [1.807, 2.05) is 30.3 Å². The Kier molecular flexibility index (Phi) is 7.12. The summed E-state index contributed by atoms with van der Waals surface area (Å²) in [4.78, 5) is 17.0. The monoisotopic (exact) mass is 346 g/mol. The van der Waals surface area contributed by atoms with Crippen LogP contribution in [0.3, 0.4) is 0 Å². The predicted molar refractivity (Wildman–Crippen MR) is 97.7 cm³/mol. The maximum Gasteiger partial charge on any atom is 0.228 e. The summed E-state index contributed by atoms with van der Waals surface area (Å²) >= 11 is 0. The molecule has 5 nitrogen and oxygen atoms in total. The summed E-state index contributed by atoms with van der Waals surface area (Å²) in [5.41, 5.74) is 0. The van der Waals surface area contributed by atoms with Crippen LogP contribution in [0.1, 0.15) is 25.7 Å². The molecule has 2 aliphatic heterocycles. The van der Waals surface area contributed by atoms with E-state index < -0.39 is 0 Å². The lowest BCUT2D eigenvalue weighted by atomic mass is 10.1. The molecule has 2 heterocycles. The second-order valence-corrected chi connectivity index (χ2v) is 6.95. The molecule has 0 bridgehead atoms. The molecule has 0 saturated carbocycles. The number of nitrogens with zero attached hydrogens (tertiary/aromatic N) is 2. The molecule has 2 saturated heterocycles. The Hall–Kier alpha value is -1.59. The molecule has 1 atom stereocenters. The Labute approximate surface area is 150 Å². The average Bonchev–Trinajstić information content (AvgIpc) is 3.08. The van der Waals surface area contributed by atoms with Crippen molar-refractivity contribution < 1.29 is 14.3 Å². The fraction of sp³-hybridized carbons (Fsp3) is 0.650. The maximum atomic E-state index is 12.5. The third kappa shape index (κ3) is 5.72. The van der Waals surface area contributed by atoms with Gasteiger partial charge in [-0.1, -0.05) is 18.2 Å². The first-order chi connectivity index (χ1) is 12.3. The smallest absolute Gasteiger partial charge is 0.228 e. The summed E-state index contributed by atoms with van der Waals surface area (Å²) in [6.45, 7) is 7.03. The number of para-hydroxylation sites is 1. The van der Waals surface area contributed by atoms with E-state index in [1.165, 1.54) is 0 Å². The van der Waals surface area contributed by atoms with Gasteiger partial charge in [-0.25, -0.2) is 0 Å². The Morgan fingerprint density at radius 2 is 2.00 bits per heavy atom. The number of ether oxygens (including phenoxy) is 2. The van der Waals surface area contributed by atoms with E-state index in [0.717, 1.165) is 77.4 Å². The summed E-state index contributed by atoms with van der Waals surface area (Å²) in [7, 11) is 0. The number of carbonyl (C=O) groups excluding carboxylic acids is 1. The molecule has 5 heteroatoms. The standard InChI is InChI=1S/C20H30N2O3/c23-20(18-9-16-24-17-18)22-12-6-11-21(13-14-22)10-4-5-15-25-19-7-2-1-3-8-19/h1-3,7-8,18H,4-6,9-17H2. The molecule has 2 fully saturated rings. The summed E-state index contributed by atoms with van der Waals surface area (Å²) in [6.07, 6.45) is 4.16. The highest BCUT2D eigenvalue weighted by Gasteiger charge is 2.28. The lowest BCUT2D eigenvalue weighted by Crippen LogP contribution is -2.39. The van der Waals surface area contributed by atoms with Crippen LogP contribution in [-0.4, -0.2) is 68.3 Å². The van der Waals surface area contributed by atoms with E-state index in [9.17, 15) is 4.79 Å². The molecule has 138 valence electrons. The van der Waals surface area contributed by atoms with Crippen molar-refractivity contribution in [3.8, 4) is 5.75 Å². The molecule has 1 unspecified atom stereocenters. The van der Waals surface area contributed by atoms with Crippen LogP contribution in [0.15, 0.2) is 30.3 Å². The predicted octanol–water partition coefficient (Wildman–Crippen LogP) is 2.42. The first kappa shape index (κ1) is 18.2. The van der Waals surface area contributed by atoms with Crippen LogP contribution < -0.4 is 4.74 Å². The van der Waals surface area contributed by atoms with E-state index >= 15 is 0 Å². The van der Waals surface area contributed by atoms with Crippen LogP contribution in [0, 0.1) is 5.92 Å². The SMILES string of the molecule is O=C(C1CCOC1)N1CCCN(CCCCOc2ccccc2)CC1. The molecule has 1 amide bonds. The van der Waals surface area contributed by atoms with Crippen LogP contribution in [0.2, 0.25) is 0 Å². The minimum Gasteiger partial charge on any atom is -0.494 e. The van der Waals surface area contributed by atoms with Crippen molar-refractivity contribution in [3.63, 3.8) is 0 Å². The number of hydrogen-bond donors (Lipinski definition) is 0. The van der Waals surface area contributed by atoms with E-state index in [4.69, 9.17) is 9.47 Å². The van der Waals surface area contributed by atoms with Crippen molar-refractivity contribution in [3.05, 3.63) is 30.3 Å². The first-order valence-electron chi connectivity index (χ1n) is 9.59. The number of carbonyl (C=O) groups is 1. The van der Waals surface area contributed by atoms with Crippen LogP contribution in [0.25, 0.3) is 0 Å². The largest absolute Gasteiger partial charge is 0.494 e. The first-order valence-corrected chi connectivity index (χ1v) is 9.59. The Bertz CT molecular complexity index is 517. The molecule has 0 aliphatic carbocycles. The van der Waals surface area contributed by atoms with Crippen molar-refractivity contribution in [1.29, 1.82) is 0 Å². The van der Waals surface area contributed by atoms with E-state index in [0.29, 0.717) is 12.5 Å². The van der Waals surface area contributed by atoms with Gasteiger partial charge in [-0.05, 0) is 50.9 Å². The summed E-state index contributed by atoms with van der Waals surface area (Å²) in [6, 6.07) is 9.99. The summed E-state index contributed by atoms with van der Waals surface area (Å²) < 4.78 is 11.1. The molecular weight excluding hydrogens is 316 g/mol. The minimum absolute atomic E-state index is 0.0988. The number of benzene rings is 1. The van der Waals surface area contributed by atoms with Gasteiger partial charge in [0.1, 0.15) is 5.75 Å².